The average molecular weight is 241 g/mol. The molecule has 17 heavy (non-hydrogen) atoms. The molecular weight excluding hydrogens is 224 g/mol. The van der Waals surface area contributed by atoms with Crippen molar-refractivity contribution in [1.82, 2.24) is 4.90 Å². The Morgan fingerprint density at radius 3 is 2.71 bits per heavy atom. The summed E-state index contributed by atoms with van der Waals surface area (Å²) in [6, 6.07) is 6.20. The van der Waals surface area contributed by atoms with E-state index in [-0.39, 0.29) is 18.6 Å². The van der Waals surface area contributed by atoms with Crippen molar-refractivity contribution in [2.24, 2.45) is 0 Å². The number of halogens is 2. The van der Waals surface area contributed by atoms with Crippen molar-refractivity contribution in [1.29, 1.82) is 0 Å². The van der Waals surface area contributed by atoms with E-state index < -0.39 is 0 Å². The van der Waals surface area contributed by atoms with Crippen molar-refractivity contribution < 1.29 is 13.5 Å². The summed E-state index contributed by atoms with van der Waals surface area (Å²) in [5.41, 5.74) is 0. The number of benzene rings is 1. The van der Waals surface area contributed by atoms with Crippen LogP contribution in [0.5, 0.6) is 5.75 Å². The zero-order chi connectivity index (χ0) is 12.1. The van der Waals surface area contributed by atoms with Crippen LogP contribution in [0.4, 0.5) is 8.78 Å². The van der Waals surface area contributed by atoms with Gasteiger partial charge in [-0.1, -0.05) is 6.07 Å². The molecule has 0 atom stereocenters. The lowest BCUT2D eigenvalue weighted by atomic mass is 10.1. The summed E-state index contributed by atoms with van der Waals surface area (Å²) < 4.78 is 30.8. The molecule has 1 aromatic rings. The van der Waals surface area contributed by atoms with Crippen LogP contribution in [0.1, 0.15) is 12.8 Å². The lowest BCUT2D eigenvalue weighted by Gasteiger charge is -2.31. The topological polar surface area (TPSA) is 12.5 Å². The zero-order valence-corrected chi connectivity index (χ0v) is 9.74. The fourth-order valence-electron chi connectivity index (χ4n) is 2.10. The summed E-state index contributed by atoms with van der Waals surface area (Å²) in [5, 5.41) is 0. The molecule has 0 aromatic heterocycles. The van der Waals surface area contributed by atoms with Gasteiger partial charge in [0, 0.05) is 25.7 Å². The number of nitrogens with zero attached hydrogens (tertiary/aromatic N) is 1. The van der Waals surface area contributed by atoms with Crippen molar-refractivity contribution >= 4 is 0 Å². The summed E-state index contributed by atoms with van der Waals surface area (Å²) in [6.45, 7) is 1.91. The predicted octanol–water partition coefficient (Wildman–Crippen LogP) is 2.64. The number of alkyl halides is 1. The van der Waals surface area contributed by atoms with E-state index in [2.05, 4.69) is 4.90 Å². The third-order valence-corrected chi connectivity index (χ3v) is 3.03. The van der Waals surface area contributed by atoms with Gasteiger partial charge in [0.1, 0.15) is 24.3 Å². The SMILES string of the molecule is FCCN1CCC(Oc2cccc(F)c2)CC1. The lowest BCUT2D eigenvalue weighted by Crippen LogP contribution is -2.39. The quantitative estimate of drug-likeness (QED) is 0.803. The standard InChI is InChI=1S/C13H17F2NO/c14-6-9-16-7-4-12(5-8-16)17-13-3-1-2-11(15)10-13/h1-3,10,12H,4-9H2. The molecule has 1 heterocycles. The fraction of sp³-hybridized carbons (Fsp3) is 0.538. The van der Waals surface area contributed by atoms with Gasteiger partial charge in [0.2, 0.25) is 0 Å². The van der Waals surface area contributed by atoms with Crippen molar-refractivity contribution in [3.63, 3.8) is 0 Å². The van der Waals surface area contributed by atoms with Crippen LogP contribution in [0.25, 0.3) is 0 Å². The van der Waals surface area contributed by atoms with Crippen LogP contribution >= 0.6 is 0 Å². The zero-order valence-electron chi connectivity index (χ0n) is 9.74. The molecule has 2 nitrogen and oxygen atoms in total. The number of ether oxygens (including phenoxy) is 1. The van der Waals surface area contributed by atoms with E-state index >= 15 is 0 Å². The minimum Gasteiger partial charge on any atom is -0.490 e. The number of hydrogen-bond donors (Lipinski definition) is 0. The van der Waals surface area contributed by atoms with Crippen LogP contribution in [-0.4, -0.2) is 37.3 Å². The molecule has 0 radical (unpaired) electrons. The van der Waals surface area contributed by atoms with Gasteiger partial charge in [-0.3, -0.25) is 0 Å². The average Bonchev–Trinajstić information content (AvgIpc) is 2.32. The van der Waals surface area contributed by atoms with Gasteiger partial charge in [-0.25, -0.2) is 8.78 Å². The maximum atomic E-state index is 13.0. The van der Waals surface area contributed by atoms with Crippen LogP contribution in [-0.2, 0) is 0 Å². The van der Waals surface area contributed by atoms with Crippen molar-refractivity contribution in [3.05, 3.63) is 30.1 Å². The molecule has 0 N–H and O–H groups in total. The van der Waals surface area contributed by atoms with Gasteiger partial charge in [0.05, 0.1) is 0 Å². The van der Waals surface area contributed by atoms with Crippen molar-refractivity contribution in [2.75, 3.05) is 26.3 Å². The summed E-state index contributed by atoms with van der Waals surface area (Å²) in [6.07, 6.45) is 1.86. The van der Waals surface area contributed by atoms with Crippen molar-refractivity contribution in [2.45, 2.75) is 18.9 Å². The highest BCUT2D eigenvalue weighted by atomic mass is 19.1. The molecular formula is C13H17F2NO. The summed E-state index contributed by atoms with van der Waals surface area (Å²) in [5.74, 6) is 0.298. The van der Waals surface area contributed by atoms with Gasteiger partial charge in [-0.15, -0.1) is 0 Å². The lowest BCUT2D eigenvalue weighted by molar-refractivity contribution is 0.0966. The van der Waals surface area contributed by atoms with Crippen LogP contribution in [0.3, 0.4) is 0 Å². The Bertz CT molecular complexity index is 351. The minimum atomic E-state index is -0.296. The van der Waals surface area contributed by atoms with Gasteiger partial charge in [0.25, 0.3) is 0 Å². The molecule has 4 heteroatoms. The smallest absolute Gasteiger partial charge is 0.126 e. The maximum Gasteiger partial charge on any atom is 0.126 e. The first kappa shape index (κ1) is 12.3. The van der Waals surface area contributed by atoms with E-state index in [1.54, 1.807) is 12.1 Å². The summed E-state index contributed by atoms with van der Waals surface area (Å²) >= 11 is 0. The van der Waals surface area contributed by atoms with Crippen LogP contribution in [0.15, 0.2) is 24.3 Å². The predicted molar refractivity (Wildman–Crippen MR) is 62.5 cm³/mol. The Kier molecular flexibility index (Phi) is 4.31. The van der Waals surface area contributed by atoms with E-state index in [1.165, 1.54) is 12.1 Å². The highest BCUT2D eigenvalue weighted by Crippen LogP contribution is 2.19. The highest BCUT2D eigenvalue weighted by molar-refractivity contribution is 5.22. The van der Waals surface area contributed by atoms with E-state index in [4.69, 9.17) is 4.74 Å². The largest absolute Gasteiger partial charge is 0.490 e. The third-order valence-electron chi connectivity index (χ3n) is 3.03. The first-order valence-electron chi connectivity index (χ1n) is 5.98. The molecule has 0 aliphatic carbocycles. The molecule has 1 aliphatic heterocycles. The molecule has 0 bridgehead atoms. The van der Waals surface area contributed by atoms with Crippen molar-refractivity contribution in [3.8, 4) is 5.75 Å². The van der Waals surface area contributed by atoms with Crippen LogP contribution in [0, 0.1) is 5.82 Å². The Labute approximate surface area is 100 Å². The number of likely N-dealkylation sites (tertiary alicyclic amines) is 1. The minimum absolute atomic E-state index is 0.118. The fourth-order valence-corrected chi connectivity index (χ4v) is 2.10. The molecule has 0 saturated carbocycles. The number of rotatable bonds is 4. The maximum absolute atomic E-state index is 13.0. The molecule has 94 valence electrons. The second kappa shape index (κ2) is 5.96. The third kappa shape index (κ3) is 3.66. The van der Waals surface area contributed by atoms with E-state index in [9.17, 15) is 8.78 Å². The molecule has 0 unspecified atom stereocenters. The van der Waals surface area contributed by atoms with Crippen LogP contribution < -0.4 is 4.74 Å². The van der Waals surface area contributed by atoms with Gasteiger partial charge in [0.15, 0.2) is 0 Å². The van der Waals surface area contributed by atoms with E-state index in [0.717, 1.165) is 25.9 Å². The molecule has 2 rings (SSSR count). The number of hydrogen-bond acceptors (Lipinski definition) is 2. The Morgan fingerprint density at radius 1 is 1.29 bits per heavy atom. The monoisotopic (exact) mass is 241 g/mol. The second-order valence-electron chi connectivity index (χ2n) is 4.31. The van der Waals surface area contributed by atoms with Gasteiger partial charge < -0.3 is 9.64 Å². The summed E-state index contributed by atoms with van der Waals surface area (Å²) in [7, 11) is 0. The molecule has 1 aromatic carbocycles. The van der Waals surface area contributed by atoms with Crippen LogP contribution in [0.2, 0.25) is 0 Å². The number of piperidine rings is 1. The normalized spacial score (nSPS) is 18.2. The van der Waals surface area contributed by atoms with Gasteiger partial charge >= 0.3 is 0 Å². The van der Waals surface area contributed by atoms with Gasteiger partial charge in [-0.05, 0) is 25.0 Å². The first-order valence-corrected chi connectivity index (χ1v) is 5.98. The molecule has 0 spiro atoms. The highest BCUT2D eigenvalue weighted by Gasteiger charge is 2.20. The Morgan fingerprint density at radius 2 is 2.06 bits per heavy atom. The van der Waals surface area contributed by atoms with E-state index in [0.29, 0.717) is 12.3 Å². The van der Waals surface area contributed by atoms with Gasteiger partial charge in [-0.2, -0.15) is 0 Å². The second-order valence-corrected chi connectivity index (χ2v) is 4.31. The Hall–Kier alpha value is -1.16. The van der Waals surface area contributed by atoms with E-state index in [1.807, 2.05) is 0 Å². The molecule has 0 amide bonds. The molecule has 1 saturated heterocycles. The summed E-state index contributed by atoms with van der Waals surface area (Å²) in [4.78, 5) is 2.09. The molecule has 1 fully saturated rings. The first-order chi connectivity index (χ1) is 8.28. The molecule has 1 aliphatic rings. The Balaban J connectivity index is 1.82.